The number of hydrogen-bond donors (Lipinski definition) is 2. The average molecular weight is 479 g/mol. The lowest BCUT2D eigenvalue weighted by Crippen LogP contribution is -2.37. The monoisotopic (exact) mass is 478 g/mol. The van der Waals surface area contributed by atoms with E-state index in [-0.39, 0.29) is 31.0 Å². The molecule has 2 rings (SSSR count). The van der Waals surface area contributed by atoms with Gasteiger partial charge in [-0.05, 0) is 75.3 Å². The Kier molecular flexibility index (Phi) is 9.04. The van der Waals surface area contributed by atoms with Gasteiger partial charge in [0.25, 0.3) is 0 Å². The normalized spacial score (nSPS) is 14.4. The molecule has 1 unspecified atom stereocenters. The van der Waals surface area contributed by atoms with Gasteiger partial charge >= 0.3 is 11.9 Å². The van der Waals surface area contributed by atoms with Crippen LogP contribution in [-0.4, -0.2) is 34.4 Å². The summed E-state index contributed by atoms with van der Waals surface area (Å²) in [4.78, 5) is 24.4. The van der Waals surface area contributed by atoms with Gasteiger partial charge in [-0.1, -0.05) is 42.8 Å². The quantitative estimate of drug-likeness (QED) is 0.415. The summed E-state index contributed by atoms with van der Waals surface area (Å²) in [5, 5.41) is 20.0. The molecule has 0 saturated heterocycles. The highest BCUT2D eigenvalue weighted by Crippen LogP contribution is 2.34. The van der Waals surface area contributed by atoms with E-state index in [2.05, 4.69) is 0 Å². The number of ether oxygens (including phenoxy) is 1. The van der Waals surface area contributed by atoms with Gasteiger partial charge in [-0.25, -0.2) is 4.39 Å². The molecule has 0 radical (unpaired) electrons. The molecule has 0 aliphatic heterocycles. The van der Waals surface area contributed by atoms with Crippen LogP contribution in [-0.2, 0) is 20.7 Å². The summed E-state index contributed by atoms with van der Waals surface area (Å²) >= 11 is 6.00. The molecule has 180 valence electrons. The fourth-order valence-corrected chi connectivity index (χ4v) is 4.06. The Morgan fingerprint density at radius 2 is 1.76 bits per heavy atom. The number of carboxylic acids is 1. The highest BCUT2D eigenvalue weighted by Gasteiger charge is 2.39. The van der Waals surface area contributed by atoms with E-state index < -0.39 is 29.6 Å². The van der Waals surface area contributed by atoms with Crippen LogP contribution in [0.5, 0.6) is 0 Å². The van der Waals surface area contributed by atoms with Crippen molar-refractivity contribution < 1.29 is 28.9 Å². The van der Waals surface area contributed by atoms with Gasteiger partial charge in [-0.3, -0.25) is 9.59 Å². The number of aliphatic hydroxyl groups excluding tert-OH is 1. The fourth-order valence-electron chi connectivity index (χ4n) is 3.89. The molecular weight excluding hydrogens is 447 g/mol. The maximum atomic E-state index is 14.2. The highest BCUT2D eigenvalue weighted by molar-refractivity contribution is 6.30. The molecule has 2 aromatic rings. The van der Waals surface area contributed by atoms with Crippen molar-refractivity contribution in [3.05, 3.63) is 58.9 Å². The number of halogens is 2. The zero-order valence-electron chi connectivity index (χ0n) is 19.5. The molecule has 7 heteroatoms. The van der Waals surface area contributed by atoms with Gasteiger partial charge < -0.3 is 14.9 Å². The number of rotatable bonds is 10. The van der Waals surface area contributed by atoms with Crippen LogP contribution in [0.3, 0.4) is 0 Å². The second-order valence-electron chi connectivity index (χ2n) is 9.48. The molecule has 5 nitrogen and oxygen atoms in total. The van der Waals surface area contributed by atoms with E-state index in [1.54, 1.807) is 45.9 Å². The molecule has 0 bridgehead atoms. The second-order valence-corrected chi connectivity index (χ2v) is 9.92. The number of carbonyl (C=O) groups is 2. The van der Waals surface area contributed by atoms with E-state index in [0.29, 0.717) is 22.6 Å². The molecule has 0 aliphatic rings. The van der Waals surface area contributed by atoms with Crippen molar-refractivity contribution in [1.82, 2.24) is 0 Å². The van der Waals surface area contributed by atoms with Crippen LogP contribution < -0.4 is 0 Å². The van der Waals surface area contributed by atoms with E-state index in [4.69, 9.17) is 16.3 Å². The van der Waals surface area contributed by atoms with E-state index >= 15 is 0 Å². The van der Waals surface area contributed by atoms with Gasteiger partial charge in [-0.2, -0.15) is 0 Å². The smallest absolute Gasteiger partial charge is 0.311 e. The third kappa shape index (κ3) is 7.54. The van der Waals surface area contributed by atoms with Crippen LogP contribution in [0, 0.1) is 17.2 Å². The first kappa shape index (κ1) is 26.8. The van der Waals surface area contributed by atoms with E-state index in [1.807, 2.05) is 12.1 Å². The van der Waals surface area contributed by atoms with Gasteiger partial charge in [0.1, 0.15) is 11.4 Å². The Morgan fingerprint density at radius 3 is 2.27 bits per heavy atom. The van der Waals surface area contributed by atoms with Crippen molar-refractivity contribution in [2.45, 2.75) is 59.0 Å². The Morgan fingerprint density at radius 1 is 1.12 bits per heavy atom. The lowest BCUT2D eigenvalue weighted by molar-refractivity contribution is -0.159. The van der Waals surface area contributed by atoms with Crippen LogP contribution in [0.1, 0.15) is 52.5 Å². The van der Waals surface area contributed by atoms with Crippen LogP contribution in [0.15, 0.2) is 42.5 Å². The van der Waals surface area contributed by atoms with E-state index in [0.717, 1.165) is 5.56 Å². The standard InChI is InChI=1S/C26H32ClFO5/c1-5-26(16-29,24(31)32)15-18(13-23(30)33-25(2,3)4)12-17-6-8-19(9-7-17)21-14-20(27)10-11-22(21)28/h6-11,14,18,29H,5,12-13,15-16H2,1-4H3,(H,31,32)/t18-,26?/m0/s1. The van der Waals surface area contributed by atoms with Crippen LogP contribution >= 0.6 is 11.6 Å². The number of esters is 1. The lowest BCUT2D eigenvalue weighted by Gasteiger charge is -2.31. The summed E-state index contributed by atoms with van der Waals surface area (Å²) in [5.74, 6) is -2.25. The Hall–Kier alpha value is -2.44. The van der Waals surface area contributed by atoms with Crippen molar-refractivity contribution in [2.75, 3.05) is 6.61 Å². The molecule has 2 atom stereocenters. The molecule has 0 amide bonds. The van der Waals surface area contributed by atoms with E-state index in [9.17, 15) is 24.2 Å². The molecular formula is C26H32ClFO5. The van der Waals surface area contributed by atoms with Crippen molar-refractivity contribution in [1.29, 1.82) is 0 Å². The number of aliphatic carboxylic acids is 1. The molecule has 0 saturated carbocycles. The van der Waals surface area contributed by atoms with E-state index in [1.165, 1.54) is 12.1 Å². The Labute approximate surface area is 199 Å². The summed E-state index contributed by atoms with van der Waals surface area (Å²) in [6.45, 7) is 6.51. The summed E-state index contributed by atoms with van der Waals surface area (Å²) in [5.41, 5.74) is -0.0863. The minimum Gasteiger partial charge on any atom is -0.481 e. The van der Waals surface area contributed by atoms with Gasteiger partial charge in [0.15, 0.2) is 0 Å². The van der Waals surface area contributed by atoms with Gasteiger partial charge in [0.2, 0.25) is 0 Å². The summed E-state index contributed by atoms with van der Waals surface area (Å²) in [6.07, 6.45) is 0.791. The molecule has 0 fully saturated rings. The zero-order chi connectivity index (χ0) is 24.8. The van der Waals surface area contributed by atoms with Crippen LogP contribution in [0.2, 0.25) is 5.02 Å². The summed E-state index contributed by atoms with van der Waals surface area (Å²) in [7, 11) is 0. The number of carboxylic acid groups (broad SMARTS) is 1. The van der Waals surface area contributed by atoms with Crippen LogP contribution in [0.25, 0.3) is 11.1 Å². The Balaban J connectivity index is 2.28. The first-order valence-corrected chi connectivity index (χ1v) is 11.4. The number of hydrogen-bond acceptors (Lipinski definition) is 4. The SMILES string of the molecule is CCC(CO)(C[C@H](CC(=O)OC(C)(C)C)Cc1ccc(-c2cc(Cl)ccc2F)cc1)C(=O)O. The van der Waals surface area contributed by atoms with Crippen molar-refractivity contribution in [2.24, 2.45) is 11.3 Å². The lowest BCUT2D eigenvalue weighted by atomic mass is 9.75. The van der Waals surface area contributed by atoms with Crippen molar-refractivity contribution >= 4 is 23.5 Å². The number of aliphatic hydroxyl groups is 1. The molecule has 33 heavy (non-hydrogen) atoms. The van der Waals surface area contributed by atoms with Gasteiger partial charge in [0, 0.05) is 17.0 Å². The maximum absolute atomic E-state index is 14.2. The third-order valence-corrected chi connectivity index (χ3v) is 5.94. The van der Waals surface area contributed by atoms with Crippen LogP contribution in [0.4, 0.5) is 4.39 Å². The predicted octanol–water partition coefficient (Wildman–Crippen LogP) is 5.90. The molecule has 2 N–H and O–H groups in total. The van der Waals surface area contributed by atoms with Crippen molar-refractivity contribution in [3.63, 3.8) is 0 Å². The second kappa shape index (κ2) is 11.1. The minimum absolute atomic E-state index is 0.0248. The Bertz CT molecular complexity index is 962. The first-order chi connectivity index (χ1) is 15.4. The highest BCUT2D eigenvalue weighted by atomic mass is 35.5. The fraction of sp³-hybridized carbons (Fsp3) is 0.462. The molecule has 0 aliphatic carbocycles. The first-order valence-electron chi connectivity index (χ1n) is 11.0. The molecule has 0 heterocycles. The third-order valence-electron chi connectivity index (χ3n) is 5.71. The maximum Gasteiger partial charge on any atom is 0.311 e. The largest absolute Gasteiger partial charge is 0.481 e. The minimum atomic E-state index is -1.34. The molecule has 0 spiro atoms. The molecule has 0 aromatic heterocycles. The van der Waals surface area contributed by atoms with Gasteiger partial charge in [-0.15, -0.1) is 0 Å². The topological polar surface area (TPSA) is 83.8 Å². The number of carbonyl (C=O) groups excluding carboxylic acids is 1. The average Bonchev–Trinajstić information content (AvgIpc) is 2.72. The zero-order valence-corrected chi connectivity index (χ0v) is 20.3. The summed E-state index contributed by atoms with van der Waals surface area (Å²) in [6, 6.07) is 11.5. The summed E-state index contributed by atoms with van der Waals surface area (Å²) < 4.78 is 19.6. The predicted molar refractivity (Wildman–Crippen MR) is 127 cm³/mol. The van der Waals surface area contributed by atoms with Gasteiger partial charge in [0.05, 0.1) is 12.0 Å². The number of benzene rings is 2. The van der Waals surface area contributed by atoms with Crippen molar-refractivity contribution in [3.8, 4) is 11.1 Å². The molecule has 2 aromatic carbocycles.